The zero-order valence-corrected chi connectivity index (χ0v) is 13.7. The number of fused-ring (bicyclic) bond motifs is 1. The number of nitrogens with zero attached hydrogens (tertiary/aromatic N) is 2. The van der Waals surface area contributed by atoms with Crippen LogP contribution in [-0.4, -0.2) is 34.6 Å². The summed E-state index contributed by atoms with van der Waals surface area (Å²) in [7, 11) is 0. The number of benzene rings is 1. The van der Waals surface area contributed by atoms with Gasteiger partial charge in [0.15, 0.2) is 0 Å². The van der Waals surface area contributed by atoms with Crippen LogP contribution >= 0.6 is 0 Å². The Morgan fingerprint density at radius 2 is 2.04 bits per heavy atom. The Bertz CT molecular complexity index is 679. The van der Waals surface area contributed by atoms with Gasteiger partial charge in [0.25, 0.3) is 0 Å². The average Bonchev–Trinajstić information content (AvgIpc) is 2.89. The van der Waals surface area contributed by atoms with Crippen LogP contribution in [-0.2, 0) is 27.3 Å². The topological polar surface area (TPSA) is 73.2 Å². The van der Waals surface area contributed by atoms with Gasteiger partial charge in [0.1, 0.15) is 12.4 Å². The molecule has 23 heavy (non-hydrogen) atoms. The first-order valence-electron chi connectivity index (χ1n) is 8.02. The van der Waals surface area contributed by atoms with Gasteiger partial charge in [-0.15, -0.1) is 0 Å². The number of ether oxygens (including phenoxy) is 1. The van der Waals surface area contributed by atoms with Crippen molar-refractivity contribution >= 4 is 22.9 Å². The molecule has 1 aromatic heterocycles. The second-order valence-corrected chi connectivity index (χ2v) is 5.21. The number of imidazole rings is 1. The molecule has 0 aliphatic carbocycles. The summed E-state index contributed by atoms with van der Waals surface area (Å²) in [4.78, 5) is 27.7. The number of aryl methyl sites for hydroxylation is 1. The molecule has 6 nitrogen and oxygen atoms in total. The number of amides is 1. The summed E-state index contributed by atoms with van der Waals surface area (Å²) in [6, 6.07) is 7.73. The summed E-state index contributed by atoms with van der Waals surface area (Å²) < 4.78 is 6.94. The van der Waals surface area contributed by atoms with Crippen molar-refractivity contribution in [2.45, 2.75) is 39.7 Å². The minimum Gasteiger partial charge on any atom is -0.465 e. The fourth-order valence-electron chi connectivity index (χ4n) is 2.43. The van der Waals surface area contributed by atoms with Crippen molar-refractivity contribution in [1.82, 2.24) is 14.9 Å². The van der Waals surface area contributed by atoms with E-state index in [1.807, 2.05) is 35.8 Å². The van der Waals surface area contributed by atoms with Gasteiger partial charge in [-0.25, -0.2) is 4.98 Å². The van der Waals surface area contributed by atoms with Gasteiger partial charge in [-0.2, -0.15) is 0 Å². The number of carbonyl (C=O) groups is 2. The van der Waals surface area contributed by atoms with Gasteiger partial charge >= 0.3 is 5.97 Å². The predicted molar refractivity (Wildman–Crippen MR) is 88.0 cm³/mol. The fraction of sp³-hybridized carbons (Fsp3) is 0.471. The summed E-state index contributed by atoms with van der Waals surface area (Å²) in [5.41, 5.74) is 1.79. The Balaban J connectivity index is 2.10. The summed E-state index contributed by atoms with van der Waals surface area (Å²) in [5.74, 6) is 0.617. The molecule has 0 aliphatic rings. The van der Waals surface area contributed by atoms with Crippen LogP contribution in [0.3, 0.4) is 0 Å². The molecule has 0 bridgehead atoms. The van der Waals surface area contributed by atoms with Crippen molar-refractivity contribution in [1.29, 1.82) is 0 Å². The van der Waals surface area contributed by atoms with Gasteiger partial charge in [-0.1, -0.05) is 19.1 Å². The monoisotopic (exact) mass is 317 g/mol. The minimum absolute atomic E-state index is 0.0463. The highest BCUT2D eigenvalue weighted by atomic mass is 16.5. The van der Waals surface area contributed by atoms with E-state index in [1.165, 1.54) is 0 Å². The van der Waals surface area contributed by atoms with Crippen molar-refractivity contribution in [2.24, 2.45) is 0 Å². The van der Waals surface area contributed by atoms with Crippen LogP contribution in [0.25, 0.3) is 11.0 Å². The molecule has 124 valence electrons. The van der Waals surface area contributed by atoms with E-state index in [2.05, 4.69) is 10.3 Å². The lowest BCUT2D eigenvalue weighted by atomic mass is 10.3. The molecule has 0 atom stereocenters. The largest absolute Gasteiger partial charge is 0.465 e. The standard InChI is InChI=1S/C17H23N3O3/c1-3-16(21)18-11-7-10-15-19-13-8-5-6-9-14(13)20(15)12-17(22)23-4-2/h5-6,8-9H,3-4,7,10-12H2,1-2H3,(H,18,21). The summed E-state index contributed by atoms with van der Waals surface area (Å²) in [6.45, 7) is 4.75. The van der Waals surface area contributed by atoms with E-state index in [4.69, 9.17) is 4.74 Å². The number of carbonyl (C=O) groups excluding carboxylic acids is 2. The molecule has 0 saturated heterocycles. The van der Waals surface area contributed by atoms with Crippen LogP contribution in [0, 0.1) is 0 Å². The van der Waals surface area contributed by atoms with Crippen molar-refractivity contribution < 1.29 is 14.3 Å². The predicted octanol–water partition coefficient (Wildman–Crippen LogP) is 2.06. The Kier molecular flexibility index (Phi) is 6.14. The van der Waals surface area contributed by atoms with Crippen LogP contribution in [0.1, 0.15) is 32.5 Å². The normalized spacial score (nSPS) is 10.7. The van der Waals surface area contributed by atoms with Gasteiger partial charge in [0, 0.05) is 19.4 Å². The number of aromatic nitrogens is 2. The van der Waals surface area contributed by atoms with E-state index in [0.717, 1.165) is 23.3 Å². The van der Waals surface area contributed by atoms with Crippen molar-refractivity contribution in [3.8, 4) is 0 Å². The van der Waals surface area contributed by atoms with Crippen molar-refractivity contribution in [2.75, 3.05) is 13.2 Å². The maximum absolute atomic E-state index is 11.8. The van der Waals surface area contributed by atoms with Crippen LogP contribution in [0.15, 0.2) is 24.3 Å². The van der Waals surface area contributed by atoms with Crippen LogP contribution in [0.5, 0.6) is 0 Å². The Hall–Kier alpha value is -2.37. The first kappa shape index (κ1) is 17.0. The highest BCUT2D eigenvalue weighted by Crippen LogP contribution is 2.17. The molecule has 2 aromatic rings. The first-order valence-corrected chi connectivity index (χ1v) is 8.02. The van der Waals surface area contributed by atoms with E-state index in [0.29, 0.717) is 26.0 Å². The van der Waals surface area contributed by atoms with Crippen molar-refractivity contribution in [3.63, 3.8) is 0 Å². The number of nitrogens with one attached hydrogen (secondary N) is 1. The van der Waals surface area contributed by atoms with Crippen molar-refractivity contribution in [3.05, 3.63) is 30.1 Å². The number of rotatable bonds is 8. The van der Waals surface area contributed by atoms with E-state index < -0.39 is 0 Å². The smallest absolute Gasteiger partial charge is 0.326 e. The van der Waals surface area contributed by atoms with Gasteiger partial charge < -0.3 is 14.6 Å². The summed E-state index contributed by atoms with van der Waals surface area (Å²) in [6.07, 6.45) is 1.96. The van der Waals surface area contributed by atoms with E-state index in [1.54, 1.807) is 6.92 Å². The summed E-state index contributed by atoms with van der Waals surface area (Å²) in [5, 5.41) is 2.85. The third kappa shape index (κ3) is 4.55. The Morgan fingerprint density at radius 1 is 1.26 bits per heavy atom. The maximum Gasteiger partial charge on any atom is 0.326 e. The molecule has 0 aliphatic heterocycles. The fourth-order valence-corrected chi connectivity index (χ4v) is 2.43. The third-order valence-electron chi connectivity index (χ3n) is 3.55. The third-order valence-corrected chi connectivity index (χ3v) is 3.55. The van der Waals surface area contributed by atoms with Crippen LogP contribution in [0.2, 0.25) is 0 Å². The molecular weight excluding hydrogens is 294 g/mol. The SMILES string of the molecule is CCOC(=O)Cn1c(CCCNC(=O)CC)nc2ccccc21. The molecule has 1 amide bonds. The zero-order valence-electron chi connectivity index (χ0n) is 13.7. The summed E-state index contributed by atoms with van der Waals surface area (Å²) >= 11 is 0. The molecule has 6 heteroatoms. The lowest BCUT2D eigenvalue weighted by Crippen LogP contribution is -2.24. The second kappa shape index (κ2) is 8.31. The zero-order chi connectivity index (χ0) is 16.7. The van der Waals surface area contributed by atoms with E-state index in [9.17, 15) is 9.59 Å². The molecule has 1 N–H and O–H groups in total. The van der Waals surface area contributed by atoms with E-state index in [-0.39, 0.29) is 18.4 Å². The average molecular weight is 317 g/mol. The lowest BCUT2D eigenvalue weighted by molar-refractivity contribution is -0.143. The molecule has 0 saturated carbocycles. The molecule has 0 radical (unpaired) electrons. The van der Waals surface area contributed by atoms with Crippen LogP contribution in [0.4, 0.5) is 0 Å². The Labute approximate surface area is 135 Å². The van der Waals surface area contributed by atoms with Gasteiger partial charge in [-0.3, -0.25) is 9.59 Å². The molecule has 0 unspecified atom stereocenters. The van der Waals surface area contributed by atoms with Gasteiger partial charge in [0.05, 0.1) is 17.6 Å². The first-order chi connectivity index (χ1) is 11.2. The van der Waals surface area contributed by atoms with E-state index >= 15 is 0 Å². The molecule has 0 fully saturated rings. The number of hydrogen-bond acceptors (Lipinski definition) is 4. The highest BCUT2D eigenvalue weighted by Gasteiger charge is 2.13. The van der Waals surface area contributed by atoms with Gasteiger partial charge in [-0.05, 0) is 25.5 Å². The highest BCUT2D eigenvalue weighted by molar-refractivity contribution is 5.79. The lowest BCUT2D eigenvalue weighted by Gasteiger charge is -2.09. The molecule has 1 aromatic carbocycles. The Morgan fingerprint density at radius 3 is 2.78 bits per heavy atom. The number of para-hydroxylation sites is 2. The molecule has 1 heterocycles. The van der Waals surface area contributed by atoms with Crippen LogP contribution < -0.4 is 5.32 Å². The number of hydrogen-bond donors (Lipinski definition) is 1. The van der Waals surface area contributed by atoms with Gasteiger partial charge in [0.2, 0.25) is 5.91 Å². The number of esters is 1. The quantitative estimate of drug-likeness (QED) is 0.597. The molecule has 2 rings (SSSR count). The maximum atomic E-state index is 11.8. The minimum atomic E-state index is -0.267. The second-order valence-electron chi connectivity index (χ2n) is 5.21. The molecule has 0 spiro atoms. The molecular formula is C17H23N3O3.